The van der Waals surface area contributed by atoms with E-state index < -0.39 is 6.36 Å². The SMILES string of the molecule is Cc1cc(C)cc(CN2CC3C(C[CH]c4cccc(OC(F)(F)F)c4)C3C2)c1. The number of halogens is 3. The molecular formula is C23H25F3NO. The summed E-state index contributed by atoms with van der Waals surface area (Å²) in [6, 6.07) is 12.9. The maximum absolute atomic E-state index is 12.4. The van der Waals surface area contributed by atoms with E-state index in [0.29, 0.717) is 5.92 Å². The topological polar surface area (TPSA) is 12.5 Å². The van der Waals surface area contributed by atoms with Gasteiger partial charge >= 0.3 is 6.36 Å². The van der Waals surface area contributed by atoms with E-state index in [1.807, 2.05) is 12.5 Å². The van der Waals surface area contributed by atoms with Crippen LogP contribution in [0, 0.1) is 38.0 Å². The lowest BCUT2D eigenvalue weighted by Gasteiger charge is -2.20. The van der Waals surface area contributed by atoms with Gasteiger partial charge in [0.25, 0.3) is 0 Å². The fraction of sp³-hybridized carbons (Fsp3) is 0.435. The van der Waals surface area contributed by atoms with Gasteiger partial charge in [0.2, 0.25) is 0 Å². The van der Waals surface area contributed by atoms with E-state index in [-0.39, 0.29) is 5.75 Å². The molecule has 28 heavy (non-hydrogen) atoms. The van der Waals surface area contributed by atoms with Gasteiger partial charge in [0.1, 0.15) is 5.75 Å². The molecule has 2 atom stereocenters. The fourth-order valence-corrected chi connectivity index (χ4v) is 4.74. The Morgan fingerprint density at radius 3 is 2.36 bits per heavy atom. The van der Waals surface area contributed by atoms with E-state index in [4.69, 9.17) is 0 Å². The summed E-state index contributed by atoms with van der Waals surface area (Å²) >= 11 is 0. The van der Waals surface area contributed by atoms with Gasteiger partial charge in [-0.3, -0.25) is 4.90 Å². The van der Waals surface area contributed by atoms with Crippen LogP contribution >= 0.6 is 0 Å². The first-order chi connectivity index (χ1) is 13.3. The summed E-state index contributed by atoms with van der Waals surface area (Å²) in [7, 11) is 0. The second kappa shape index (κ2) is 7.43. The quantitative estimate of drug-likeness (QED) is 0.646. The van der Waals surface area contributed by atoms with Gasteiger partial charge in [-0.2, -0.15) is 0 Å². The third-order valence-electron chi connectivity index (χ3n) is 5.85. The number of hydrogen-bond acceptors (Lipinski definition) is 2. The fourth-order valence-electron chi connectivity index (χ4n) is 4.74. The average Bonchev–Trinajstić information content (AvgIpc) is 3.02. The molecule has 1 aliphatic carbocycles. The average molecular weight is 388 g/mol. The number of hydrogen-bond donors (Lipinski definition) is 0. The van der Waals surface area contributed by atoms with Gasteiger partial charge < -0.3 is 4.74 Å². The Balaban J connectivity index is 1.25. The molecule has 2 fully saturated rings. The van der Waals surface area contributed by atoms with E-state index in [1.54, 1.807) is 6.07 Å². The van der Waals surface area contributed by atoms with Crippen LogP contribution in [0.1, 0.15) is 28.7 Å². The second-order valence-electron chi connectivity index (χ2n) is 8.24. The number of aryl methyl sites for hydroxylation is 2. The van der Waals surface area contributed by atoms with Gasteiger partial charge in [0.05, 0.1) is 0 Å². The summed E-state index contributed by atoms with van der Waals surface area (Å²) in [6.07, 6.45) is -1.69. The molecule has 2 aromatic carbocycles. The number of nitrogens with zero attached hydrogens (tertiary/aromatic N) is 1. The molecular weight excluding hydrogens is 363 g/mol. The van der Waals surface area contributed by atoms with Crippen LogP contribution in [-0.2, 0) is 6.54 Å². The van der Waals surface area contributed by atoms with Crippen LogP contribution in [0.15, 0.2) is 42.5 Å². The molecule has 2 aliphatic rings. The molecule has 0 aromatic heterocycles. The van der Waals surface area contributed by atoms with Gasteiger partial charge in [-0.1, -0.05) is 41.5 Å². The zero-order valence-electron chi connectivity index (χ0n) is 16.2. The number of ether oxygens (including phenoxy) is 1. The highest BCUT2D eigenvalue weighted by Gasteiger charge is 2.54. The van der Waals surface area contributed by atoms with Gasteiger partial charge in [0.15, 0.2) is 0 Å². The summed E-state index contributed by atoms with van der Waals surface area (Å²) in [5.74, 6) is 1.94. The van der Waals surface area contributed by atoms with Gasteiger partial charge in [-0.25, -0.2) is 0 Å². The van der Waals surface area contributed by atoms with Crippen molar-refractivity contribution in [1.82, 2.24) is 4.90 Å². The van der Waals surface area contributed by atoms with Crippen molar-refractivity contribution in [3.63, 3.8) is 0 Å². The molecule has 1 saturated heterocycles. The second-order valence-corrected chi connectivity index (χ2v) is 8.24. The van der Waals surface area contributed by atoms with Crippen molar-refractivity contribution in [2.45, 2.75) is 33.2 Å². The summed E-state index contributed by atoms with van der Waals surface area (Å²) < 4.78 is 41.1. The Labute approximate surface area is 164 Å². The van der Waals surface area contributed by atoms with Crippen LogP contribution in [0.4, 0.5) is 13.2 Å². The first-order valence-electron chi connectivity index (χ1n) is 9.75. The Kier molecular flexibility index (Phi) is 5.13. The molecule has 1 saturated carbocycles. The Bertz CT molecular complexity index is 816. The molecule has 2 nitrogen and oxygen atoms in total. The number of alkyl halides is 3. The standard InChI is InChI=1S/C23H25F3NO/c1-15-8-16(2)10-18(9-15)12-27-13-21-20(22(21)14-27)7-6-17-4-3-5-19(11-17)28-23(24,25)26/h3-6,8-11,20-22H,7,12-14H2,1-2H3. The zero-order chi connectivity index (χ0) is 19.9. The van der Waals surface area contributed by atoms with E-state index in [2.05, 4.69) is 41.7 Å². The molecule has 149 valence electrons. The smallest absolute Gasteiger partial charge is 0.406 e. The number of rotatable bonds is 6. The maximum atomic E-state index is 12.4. The highest BCUT2D eigenvalue weighted by molar-refractivity contribution is 5.33. The number of benzene rings is 2. The van der Waals surface area contributed by atoms with E-state index in [0.717, 1.165) is 43.5 Å². The molecule has 0 spiro atoms. The predicted octanol–water partition coefficient (Wildman–Crippen LogP) is 5.52. The van der Waals surface area contributed by atoms with Crippen LogP contribution < -0.4 is 4.74 Å². The van der Waals surface area contributed by atoms with Crippen molar-refractivity contribution in [3.8, 4) is 5.75 Å². The predicted molar refractivity (Wildman–Crippen MR) is 103 cm³/mol. The van der Waals surface area contributed by atoms with Gasteiger partial charge in [-0.15, -0.1) is 13.2 Å². The maximum Gasteiger partial charge on any atom is 0.573 e. The van der Waals surface area contributed by atoms with Gasteiger partial charge in [0, 0.05) is 19.6 Å². The Morgan fingerprint density at radius 2 is 1.71 bits per heavy atom. The summed E-state index contributed by atoms with van der Waals surface area (Å²) in [6.45, 7) is 7.51. The van der Waals surface area contributed by atoms with E-state index in [9.17, 15) is 13.2 Å². The van der Waals surface area contributed by atoms with Crippen molar-refractivity contribution in [2.75, 3.05) is 13.1 Å². The lowest BCUT2D eigenvalue weighted by molar-refractivity contribution is -0.274. The Hall–Kier alpha value is -2.01. The minimum absolute atomic E-state index is 0.156. The molecule has 4 rings (SSSR count). The highest BCUT2D eigenvalue weighted by atomic mass is 19.4. The highest BCUT2D eigenvalue weighted by Crippen LogP contribution is 2.54. The molecule has 5 heteroatoms. The normalized spacial score (nSPS) is 24.2. The Morgan fingerprint density at radius 1 is 1.04 bits per heavy atom. The minimum atomic E-state index is -4.65. The molecule has 2 unspecified atom stereocenters. The molecule has 0 amide bonds. The number of fused-ring (bicyclic) bond motifs is 1. The third kappa shape index (κ3) is 4.69. The third-order valence-corrected chi connectivity index (χ3v) is 5.85. The van der Waals surface area contributed by atoms with E-state index >= 15 is 0 Å². The van der Waals surface area contributed by atoms with Crippen LogP contribution in [0.25, 0.3) is 0 Å². The molecule has 2 aromatic rings. The molecule has 1 aliphatic heterocycles. The number of piperidine rings is 1. The monoisotopic (exact) mass is 388 g/mol. The van der Waals surface area contributed by atoms with Crippen LogP contribution in [0.2, 0.25) is 0 Å². The van der Waals surface area contributed by atoms with Crippen molar-refractivity contribution >= 4 is 0 Å². The lowest BCUT2D eigenvalue weighted by atomic mass is 10.0. The molecule has 1 radical (unpaired) electrons. The summed E-state index contributed by atoms with van der Waals surface area (Å²) in [5, 5.41) is 0. The van der Waals surface area contributed by atoms with Crippen LogP contribution in [-0.4, -0.2) is 24.4 Å². The van der Waals surface area contributed by atoms with E-state index in [1.165, 1.54) is 28.8 Å². The largest absolute Gasteiger partial charge is 0.573 e. The van der Waals surface area contributed by atoms with Crippen molar-refractivity contribution in [2.24, 2.45) is 17.8 Å². The summed E-state index contributed by atoms with van der Waals surface area (Å²) in [4.78, 5) is 2.53. The molecule has 0 bridgehead atoms. The van der Waals surface area contributed by atoms with Crippen LogP contribution in [0.3, 0.4) is 0 Å². The summed E-state index contributed by atoms with van der Waals surface area (Å²) in [5.41, 5.74) is 4.79. The molecule has 0 N–H and O–H groups in total. The zero-order valence-corrected chi connectivity index (χ0v) is 16.2. The van der Waals surface area contributed by atoms with Crippen LogP contribution in [0.5, 0.6) is 5.75 Å². The lowest BCUT2D eigenvalue weighted by Crippen LogP contribution is -2.24. The first-order valence-corrected chi connectivity index (χ1v) is 9.75. The van der Waals surface area contributed by atoms with Crippen molar-refractivity contribution in [1.29, 1.82) is 0 Å². The minimum Gasteiger partial charge on any atom is -0.406 e. The van der Waals surface area contributed by atoms with Crippen molar-refractivity contribution in [3.05, 3.63) is 71.1 Å². The first kappa shape index (κ1) is 19.3. The number of likely N-dealkylation sites (tertiary alicyclic amines) is 1. The molecule has 1 heterocycles. The van der Waals surface area contributed by atoms with Crippen molar-refractivity contribution < 1.29 is 17.9 Å². The van der Waals surface area contributed by atoms with Gasteiger partial charge in [-0.05, 0) is 67.7 Å².